The lowest BCUT2D eigenvalue weighted by atomic mass is 9.84. The zero-order chi connectivity index (χ0) is 13.1. The van der Waals surface area contributed by atoms with Gasteiger partial charge in [-0.05, 0) is 37.4 Å². The molecular formula is C14H24N4O. The van der Waals surface area contributed by atoms with E-state index < -0.39 is 0 Å². The molecule has 5 heteroatoms. The van der Waals surface area contributed by atoms with E-state index in [4.69, 9.17) is 4.52 Å². The van der Waals surface area contributed by atoms with Gasteiger partial charge in [0.15, 0.2) is 0 Å². The van der Waals surface area contributed by atoms with Crippen LogP contribution in [0.25, 0.3) is 0 Å². The third-order valence-corrected chi connectivity index (χ3v) is 4.37. The number of likely N-dealkylation sites (N-methyl/N-ethyl adjacent to an activating group) is 1. The van der Waals surface area contributed by atoms with E-state index >= 15 is 0 Å². The van der Waals surface area contributed by atoms with E-state index in [1.54, 1.807) is 0 Å². The van der Waals surface area contributed by atoms with Crippen molar-refractivity contribution in [1.29, 1.82) is 0 Å². The van der Waals surface area contributed by atoms with E-state index in [0.717, 1.165) is 31.5 Å². The van der Waals surface area contributed by atoms with Crippen LogP contribution in [0.15, 0.2) is 4.52 Å². The van der Waals surface area contributed by atoms with E-state index in [-0.39, 0.29) is 0 Å². The summed E-state index contributed by atoms with van der Waals surface area (Å²) < 4.78 is 5.55. The number of hydrogen-bond acceptors (Lipinski definition) is 5. The van der Waals surface area contributed by atoms with Crippen LogP contribution in [-0.4, -0.2) is 35.8 Å². The molecule has 2 fully saturated rings. The van der Waals surface area contributed by atoms with Gasteiger partial charge in [-0.1, -0.05) is 19.8 Å². The number of aromatic nitrogens is 2. The van der Waals surface area contributed by atoms with Crippen LogP contribution in [0.4, 0.5) is 5.95 Å². The molecule has 0 radical (unpaired) electrons. The summed E-state index contributed by atoms with van der Waals surface area (Å²) in [6.07, 6.45) is 7.45. The second kappa shape index (κ2) is 5.90. The molecule has 1 N–H and O–H groups in total. The van der Waals surface area contributed by atoms with Crippen molar-refractivity contribution < 1.29 is 4.52 Å². The second-order valence-corrected chi connectivity index (χ2v) is 5.68. The zero-order valence-electron chi connectivity index (χ0n) is 11.8. The molecule has 0 bridgehead atoms. The average Bonchev–Trinajstić information content (AvgIpc) is 3.11. The van der Waals surface area contributed by atoms with Gasteiger partial charge in [-0.15, -0.1) is 0 Å². The summed E-state index contributed by atoms with van der Waals surface area (Å²) in [5.74, 6) is 2.04. The summed E-state index contributed by atoms with van der Waals surface area (Å²) in [7, 11) is 0. The van der Waals surface area contributed by atoms with Crippen molar-refractivity contribution in [3.8, 4) is 0 Å². The smallest absolute Gasteiger partial charge is 0.266 e. The Morgan fingerprint density at radius 2 is 2.00 bits per heavy atom. The first-order chi connectivity index (χ1) is 9.38. The van der Waals surface area contributed by atoms with E-state index in [1.807, 2.05) is 0 Å². The summed E-state index contributed by atoms with van der Waals surface area (Å²) in [5.41, 5.74) is 0. The van der Waals surface area contributed by atoms with Gasteiger partial charge in [-0.2, -0.15) is 4.98 Å². The van der Waals surface area contributed by atoms with Gasteiger partial charge in [0, 0.05) is 19.1 Å². The summed E-state index contributed by atoms with van der Waals surface area (Å²) >= 11 is 0. The minimum absolute atomic E-state index is 0.401. The molecule has 0 spiro atoms. The van der Waals surface area contributed by atoms with Crippen molar-refractivity contribution in [3.05, 3.63) is 5.89 Å². The molecule has 2 unspecified atom stereocenters. The van der Waals surface area contributed by atoms with Crippen molar-refractivity contribution in [2.24, 2.45) is 0 Å². The molecule has 106 valence electrons. The Kier molecular flexibility index (Phi) is 4.01. The quantitative estimate of drug-likeness (QED) is 0.904. The Bertz CT molecular complexity index is 398. The number of hydrogen-bond donors (Lipinski definition) is 1. The van der Waals surface area contributed by atoms with E-state index in [0.29, 0.717) is 12.0 Å². The Balaban J connectivity index is 1.72. The minimum atomic E-state index is 0.401. The normalized spacial score (nSPS) is 27.9. The Morgan fingerprint density at radius 3 is 2.79 bits per heavy atom. The number of nitrogens with zero attached hydrogens (tertiary/aromatic N) is 3. The monoisotopic (exact) mass is 264 g/mol. The molecule has 19 heavy (non-hydrogen) atoms. The third kappa shape index (κ3) is 2.76. The fourth-order valence-corrected chi connectivity index (χ4v) is 3.36. The summed E-state index contributed by atoms with van der Waals surface area (Å²) in [6, 6.07) is 0.505. The maximum Gasteiger partial charge on any atom is 0.266 e. The summed E-state index contributed by atoms with van der Waals surface area (Å²) in [4.78, 5) is 6.89. The first kappa shape index (κ1) is 12.9. The van der Waals surface area contributed by atoms with Crippen LogP contribution in [-0.2, 0) is 0 Å². The lowest BCUT2D eigenvalue weighted by molar-refractivity contribution is 0.264. The van der Waals surface area contributed by atoms with Crippen LogP contribution in [0.1, 0.15) is 57.3 Å². The molecule has 1 aliphatic carbocycles. The van der Waals surface area contributed by atoms with Crippen LogP contribution >= 0.6 is 0 Å². The predicted molar refractivity (Wildman–Crippen MR) is 74.4 cm³/mol. The van der Waals surface area contributed by atoms with Gasteiger partial charge in [0.1, 0.15) is 0 Å². The van der Waals surface area contributed by atoms with Gasteiger partial charge in [0.25, 0.3) is 5.95 Å². The van der Waals surface area contributed by atoms with Crippen molar-refractivity contribution in [1.82, 2.24) is 15.5 Å². The number of anilines is 1. The summed E-state index contributed by atoms with van der Waals surface area (Å²) in [5, 5.41) is 7.75. The number of nitrogens with one attached hydrogen (secondary N) is 1. The average molecular weight is 264 g/mol. The molecule has 1 saturated heterocycles. The molecule has 1 saturated carbocycles. The first-order valence-electron chi connectivity index (χ1n) is 7.70. The standard InChI is InChI=1S/C14H24N4O/c1-2-15-12-8-4-3-7-11(12)13-16-14(17-19-13)18-9-5-6-10-18/h11-12,15H,2-10H2,1H3. The van der Waals surface area contributed by atoms with Crippen molar-refractivity contribution in [2.75, 3.05) is 24.5 Å². The Hall–Kier alpha value is -1.10. The van der Waals surface area contributed by atoms with E-state index in [9.17, 15) is 0 Å². The molecule has 0 amide bonds. The number of rotatable bonds is 4. The van der Waals surface area contributed by atoms with Gasteiger partial charge in [0.05, 0.1) is 5.92 Å². The summed E-state index contributed by atoms with van der Waals surface area (Å²) in [6.45, 7) is 5.31. The topological polar surface area (TPSA) is 54.2 Å². The Morgan fingerprint density at radius 1 is 1.21 bits per heavy atom. The largest absolute Gasteiger partial charge is 0.338 e. The van der Waals surface area contributed by atoms with Crippen LogP contribution < -0.4 is 10.2 Å². The van der Waals surface area contributed by atoms with Gasteiger partial charge < -0.3 is 14.7 Å². The highest BCUT2D eigenvalue weighted by Crippen LogP contribution is 2.33. The minimum Gasteiger partial charge on any atom is -0.338 e. The molecular weight excluding hydrogens is 240 g/mol. The highest BCUT2D eigenvalue weighted by molar-refractivity contribution is 5.29. The molecule has 1 aliphatic heterocycles. The lowest BCUT2D eigenvalue weighted by Crippen LogP contribution is -2.37. The molecule has 2 aliphatic rings. The van der Waals surface area contributed by atoms with Gasteiger partial charge in [-0.3, -0.25) is 0 Å². The molecule has 2 atom stereocenters. The molecule has 2 heterocycles. The van der Waals surface area contributed by atoms with E-state index in [1.165, 1.54) is 38.5 Å². The highest BCUT2D eigenvalue weighted by atomic mass is 16.5. The second-order valence-electron chi connectivity index (χ2n) is 5.68. The van der Waals surface area contributed by atoms with Crippen molar-refractivity contribution in [2.45, 2.75) is 57.4 Å². The SMILES string of the molecule is CCNC1CCCCC1c1nc(N2CCCC2)no1. The maximum absolute atomic E-state index is 5.55. The van der Waals surface area contributed by atoms with Crippen LogP contribution in [0.3, 0.4) is 0 Å². The fraction of sp³-hybridized carbons (Fsp3) is 0.857. The third-order valence-electron chi connectivity index (χ3n) is 4.37. The van der Waals surface area contributed by atoms with Crippen LogP contribution in [0, 0.1) is 0 Å². The molecule has 1 aromatic heterocycles. The molecule has 0 aromatic carbocycles. The first-order valence-corrected chi connectivity index (χ1v) is 7.70. The van der Waals surface area contributed by atoms with Crippen molar-refractivity contribution >= 4 is 5.95 Å². The van der Waals surface area contributed by atoms with E-state index in [2.05, 4.69) is 27.3 Å². The predicted octanol–water partition coefficient (Wildman–Crippen LogP) is 2.31. The fourth-order valence-electron chi connectivity index (χ4n) is 3.36. The molecule has 1 aromatic rings. The van der Waals surface area contributed by atoms with Gasteiger partial charge >= 0.3 is 0 Å². The van der Waals surface area contributed by atoms with Crippen molar-refractivity contribution in [3.63, 3.8) is 0 Å². The van der Waals surface area contributed by atoms with Gasteiger partial charge in [0.2, 0.25) is 5.89 Å². The van der Waals surface area contributed by atoms with Crippen LogP contribution in [0.5, 0.6) is 0 Å². The zero-order valence-corrected chi connectivity index (χ0v) is 11.8. The lowest BCUT2D eigenvalue weighted by Gasteiger charge is -2.29. The molecule has 3 rings (SSSR count). The Labute approximate surface area is 114 Å². The highest BCUT2D eigenvalue weighted by Gasteiger charge is 2.31. The van der Waals surface area contributed by atoms with Crippen LogP contribution in [0.2, 0.25) is 0 Å². The molecule has 5 nitrogen and oxygen atoms in total. The van der Waals surface area contributed by atoms with Gasteiger partial charge in [-0.25, -0.2) is 0 Å². The maximum atomic E-state index is 5.55.